The summed E-state index contributed by atoms with van der Waals surface area (Å²) in [6.07, 6.45) is 0.403. The predicted molar refractivity (Wildman–Crippen MR) is 51.5 cm³/mol. The third kappa shape index (κ3) is 4.86. The van der Waals surface area contributed by atoms with Gasteiger partial charge in [0.25, 0.3) is 5.91 Å². The van der Waals surface area contributed by atoms with Gasteiger partial charge in [0, 0.05) is 5.56 Å². The number of hydrazine groups is 2. The van der Waals surface area contributed by atoms with Crippen LogP contribution in [0.15, 0.2) is 30.3 Å². The van der Waals surface area contributed by atoms with Gasteiger partial charge in [-0.05, 0) is 12.1 Å². The first kappa shape index (κ1) is 12.1. The maximum absolute atomic E-state index is 10.8. The van der Waals surface area contributed by atoms with Gasteiger partial charge in [0.2, 0.25) is 6.41 Å². The van der Waals surface area contributed by atoms with Gasteiger partial charge in [-0.25, -0.2) is 11.7 Å². The Bertz CT molecular complexity index is 276. The Morgan fingerprint density at radius 1 is 1.21 bits per heavy atom. The summed E-state index contributed by atoms with van der Waals surface area (Å²) < 4.78 is 0. The maximum Gasteiger partial charge on any atom is 0.265 e. The smallest absolute Gasteiger partial charge is 0.265 e. The fourth-order valence-electron chi connectivity index (χ4n) is 0.673. The molecule has 1 aromatic carbocycles. The van der Waals surface area contributed by atoms with Gasteiger partial charge < -0.3 is 0 Å². The molecule has 0 heterocycles. The number of amides is 2. The SMILES string of the molecule is NNC(=O)c1ccccc1.NNC=O. The lowest BCUT2D eigenvalue weighted by molar-refractivity contribution is -0.109. The Labute approximate surface area is 81.2 Å². The number of hydrogen-bond acceptors (Lipinski definition) is 4. The molecule has 14 heavy (non-hydrogen) atoms. The van der Waals surface area contributed by atoms with Crippen molar-refractivity contribution in [2.24, 2.45) is 11.7 Å². The molecule has 0 fully saturated rings. The molecule has 2 amide bonds. The first-order valence-corrected chi connectivity index (χ1v) is 3.72. The Morgan fingerprint density at radius 2 is 1.71 bits per heavy atom. The molecule has 6 N–H and O–H groups in total. The second-order valence-corrected chi connectivity index (χ2v) is 2.12. The minimum Gasteiger partial charge on any atom is -0.297 e. The molecule has 1 rings (SSSR count). The summed E-state index contributed by atoms with van der Waals surface area (Å²) in [6.45, 7) is 0. The van der Waals surface area contributed by atoms with Gasteiger partial charge in [0.15, 0.2) is 0 Å². The molecule has 0 atom stereocenters. The van der Waals surface area contributed by atoms with Crippen LogP contribution in [0, 0.1) is 0 Å². The highest BCUT2D eigenvalue weighted by molar-refractivity contribution is 5.93. The molecule has 0 aliphatic heterocycles. The molecule has 0 aliphatic rings. The van der Waals surface area contributed by atoms with Gasteiger partial charge in [-0.2, -0.15) is 0 Å². The van der Waals surface area contributed by atoms with Crippen molar-refractivity contribution in [1.29, 1.82) is 0 Å². The van der Waals surface area contributed by atoms with E-state index in [1.807, 2.05) is 11.5 Å². The minimum absolute atomic E-state index is 0.263. The Morgan fingerprint density at radius 3 is 2.07 bits per heavy atom. The lowest BCUT2D eigenvalue weighted by Gasteiger charge is -1.95. The van der Waals surface area contributed by atoms with Gasteiger partial charge >= 0.3 is 0 Å². The van der Waals surface area contributed by atoms with Crippen molar-refractivity contribution in [1.82, 2.24) is 10.9 Å². The van der Waals surface area contributed by atoms with E-state index < -0.39 is 0 Å². The van der Waals surface area contributed by atoms with Crippen molar-refractivity contribution in [3.8, 4) is 0 Å². The molecule has 0 saturated carbocycles. The standard InChI is InChI=1S/C7H8N2O.CH4N2O/c8-9-7(10)6-4-2-1-3-5-6;2-3-1-4/h1-5H,8H2,(H,9,10);1H,2H2,(H,3,4). The van der Waals surface area contributed by atoms with E-state index in [9.17, 15) is 4.79 Å². The maximum atomic E-state index is 10.8. The highest BCUT2D eigenvalue weighted by Crippen LogP contribution is 1.95. The molecule has 0 aliphatic carbocycles. The molecule has 0 radical (unpaired) electrons. The van der Waals surface area contributed by atoms with Crippen LogP contribution in [0.1, 0.15) is 10.4 Å². The van der Waals surface area contributed by atoms with Crippen molar-refractivity contribution < 1.29 is 9.59 Å². The summed E-state index contributed by atoms with van der Waals surface area (Å²) in [4.78, 5) is 19.7. The zero-order valence-electron chi connectivity index (χ0n) is 7.44. The average Bonchev–Trinajstić information content (AvgIpc) is 2.29. The monoisotopic (exact) mass is 196 g/mol. The number of nitrogen functional groups attached to an aromatic ring is 1. The molecule has 76 valence electrons. The summed E-state index contributed by atoms with van der Waals surface area (Å²) in [7, 11) is 0. The molecule has 0 saturated heterocycles. The summed E-state index contributed by atoms with van der Waals surface area (Å²) in [5.74, 6) is 9.05. The van der Waals surface area contributed by atoms with Crippen molar-refractivity contribution in [3.05, 3.63) is 35.9 Å². The fraction of sp³-hybridized carbons (Fsp3) is 0. The van der Waals surface area contributed by atoms with Crippen LogP contribution in [0.2, 0.25) is 0 Å². The molecule has 0 spiro atoms. The zero-order chi connectivity index (χ0) is 10.8. The lowest BCUT2D eigenvalue weighted by atomic mass is 10.2. The van der Waals surface area contributed by atoms with Crippen LogP contribution in [0.4, 0.5) is 0 Å². The molecular formula is C8H12N4O2. The molecular weight excluding hydrogens is 184 g/mol. The van der Waals surface area contributed by atoms with Crippen LogP contribution in [0.5, 0.6) is 0 Å². The van der Waals surface area contributed by atoms with Crippen LogP contribution in [-0.4, -0.2) is 12.3 Å². The molecule has 0 unspecified atom stereocenters. The Kier molecular flexibility index (Phi) is 6.66. The van der Waals surface area contributed by atoms with Gasteiger partial charge in [-0.3, -0.25) is 20.4 Å². The van der Waals surface area contributed by atoms with E-state index in [0.717, 1.165) is 0 Å². The van der Waals surface area contributed by atoms with E-state index in [1.54, 1.807) is 29.7 Å². The molecule has 6 nitrogen and oxygen atoms in total. The number of carbonyl (C=O) groups is 2. The highest BCUT2D eigenvalue weighted by atomic mass is 16.2. The Balaban J connectivity index is 0.000000364. The van der Waals surface area contributed by atoms with Crippen molar-refractivity contribution in [2.75, 3.05) is 0 Å². The minimum atomic E-state index is -0.263. The average molecular weight is 196 g/mol. The fourth-order valence-corrected chi connectivity index (χ4v) is 0.673. The second-order valence-electron chi connectivity index (χ2n) is 2.12. The van der Waals surface area contributed by atoms with Crippen LogP contribution in [0.25, 0.3) is 0 Å². The summed E-state index contributed by atoms with van der Waals surface area (Å²) in [5, 5.41) is 0. The normalized spacial score (nSPS) is 7.86. The van der Waals surface area contributed by atoms with Crippen molar-refractivity contribution in [2.45, 2.75) is 0 Å². The van der Waals surface area contributed by atoms with Crippen molar-refractivity contribution >= 4 is 12.3 Å². The van der Waals surface area contributed by atoms with Crippen molar-refractivity contribution in [3.63, 3.8) is 0 Å². The van der Waals surface area contributed by atoms with Gasteiger partial charge in [0.05, 0.1) is 0 Å². The predicted octanol–water partition coefficient (Wildman–Crippen LogP) is -1.10. The van der Waals surface area contributed by atoms with Gasteiger partial charge in [-0.1, -0.05) is 18.2 Å². The van der Waals surface area contributed by atoms with Crippen LogP contribution in [-0.2, 0) is 4.79 Å². The molecule has 0 bridgehead atoms. The Hall–Kier alpha value is -1.92. The quantitative estimate of drug-likeness (QED) is 0.208. The molecule has 0 aromatic heterocycles. The van der Waals surface area contributed by atoms with E-state index in [-0.39, 0.29) is 5.91 Å². The lowest BCUT2D eigenvalue weighted by Crippen LogP contribution is -2.29. The van der Waals surface area contributed by atoms with Crippen LogP contribution in [0.3, 0.4) is 0 Å². The number of benzene rings is 1. The largest absolute Gasteiger partial charge is 0.297 e. The number of hydrogen-bond donors (Lipinski definition) is 4. The zero-order valence-corrected chi connectivity index (χ0v) is 7.44. The third-order valence-electron chi connectivity index (χ3n) is 1.24. The van der Waals surface area contributed by atoms with E-state index in [2.05, 4.69) is 5.84 Å². The van der Waals surface area contributed by atoms with Crippen LogP contribution >= 0.6 is 0 Å². The first-order valence-electron chi connectivity index (χ1n) is 3.72. The van der Waals surface area contributed by atoms with Gasteiger partial charge in [-0.15, -0.1) is 0 Å². The van der Waals surface area contributed by atoms with Gasteiger partial charge in [0.1, 0.15) is 0 Å². The topological polar surface area (TPSA) is 110 Å². The summed E-state index contributed by atoms with van der Waals surface area (Å²) in [5.41, 5.74) is 4.37. The van der Waals surface area contributed by atoms with E-state index >= 15 is 0 Å². The third-order valence-corrected chi connectivity index (χ3v) is 1.24. The molecule has 1 aromatic rings. The molecule has 6 heteroatoms. The second kappa shape index (κ2) is 7.71. The number of nitrogens with two attached hydrogens (primary N) is 2. The number of nitrogens with one attached hydrogen (secondary N) is 2. The number of carbonyl (C=O) groups excluding carboxylic acids is 2. The van der Waals surface area contributed by atoms with E-state index in [1.165, 1.54) is 0 Å². The van der Waals surface area contributed by atoms with E-state index in [4.69, 9.17) is 10.6 Å². The van der Waals surface area contributed by atoms with Crippen LogP contribution < -0.4 is 22.5 Å². The summed E-state index contributed by atoms with van der Waals surface area (Å²) in [6, 6.07) is 8.80. The first-order chi connectivity index (χ1) is 6.76. The highest BCUT2D eigenvalue weighted by Gasteiger charge is 1.98. The summed E-state index contributed by atoms with van der Waals surface area (Å²) >= 11 is 0. The van der Waals surface area contributed by atoms with E-state index in [0.29, 0.717) is 12.0 Å². The number of rotatable bonds is 2.